The summed E-state index contributed by atoms with van der Waals surface area (Å²) in [4.78, 5) is 24.4. The van der Waals surface area contributed by atoms with Crippen molar-refractivity contribution in [1.82, 2.24) is 5.32 Å². The van der Waals surface area contributed by atoms with Gasteiger partial charge in [0.15, 0.2) is 6.10 Å². The van der Waals surface area contributed by atoms with Gasteiger partial charge in [-0.3, -0.25) is 9.52 Å². The number of carboxylic acids is 1. The van der Waals surface area contributed by atoms with Crippen molar-refractivity contribution in [3.8, 4) is 0 Å². The average molecular weight is 505 g/mol. The quantitative estimate of drug-likeness (QED) is 0.276. The van der Waals surface area contributed by atoms with E-state index in [1.807, 2.05) is 24.3 Å². The second kappa shape index (κ2) is 10.6. The molecule has 0 fully saturated rings. The van der Waals surface area contributed by atoms with E-state index in [4.69, 9.17) is 0 Å². The molecule has 0 saturated carbocycles. The molecule has 4 N–H and O–H groups in total. The third kappa shape index (κ3) is 5.88. The minimum Gasteiger partial charge on any atom is -0.479 e. The van der Waals surface area contributed by atoms with Crippen LogP contribution in [0.4, 0.5) is 5.69 Å². The van der Waals surface area contributed by atoms with Crippen LogP contribution in [0, 0.1) is 0 Å². The van der Waals surface area contributed by atoms with Gasteiger partial charge in [-0.2, -0.15) is 0 Å². The van der Waals surface area contributed by atoms with E-state index in [1.54, 1.807) is 42.5 Å². The van der Waals surface area contributed by atoms with Gasteiger partial charge in [0.05, 0.1) is 10.9 Å². The van der Waals surface area contributed by atoms with Crippen molar-refractivity contribution in [2.24, 2.45) is 0 Å². The van der Waals surface area contributed by atoms with Crippen LogP contribution in [0.1, 0.15) is 15.9 Å². The maximum Gasteiger partial charge on any atom is 0.334 e. The first-order valence-corrected chi connectivity index (χ1v) is 12.6. The predicted molar refractivity (Wildman–Crippen MR) is 136 cm³/mol. The first-order valence-electron chi connectivity index (χ1n) is 11.1. The van der Waals surface area contributed by atoms with Gasteiger partial charge in [-0.15, -0.1) is 0 Å². The van der Waals surface area contributed by atoms with Gasteiger partial charge < -0.3 is 15.5 Å². The van der Waals surface area contributed by atoms with Crippen LogP contribution >= 0.6 is 0 Å². The lowest BCUT2D eigenvalue weighted by Crippen LogP contribution is -2.48. The fourth-order valence-corrected chi connectivity index (χ4v) is 4.89. The van der Waals surface area contributed by atoms with E-state index in [-0.39, 0.29) is 22.6 Å². The Morgan fingerprint density at radius 3 is 2.22 bits per heavy atom. The molecular formula is C27H24N2O6S. The summed E-state index contributed by atoms with van der Waals surface area (Å²) in [7, 11) is -3.94. The second-order valence-electron chi connectivity index (χ2n) is 8.25. The van der Waals surface area contributed by atoms with Crippen LogP contribution in [-0.2, 0) is 21.2 Å². The number of carbonyl (C=O) groups is 2. The Morgan fingerprint density at radius 2 is 1.50 bits per heavy atom. The monoisotopic (exact) mass is 504 g/mol. The largest absolute Gasteiger partial charge is 0.479 e. The third-order valence-corrected chi connectivity index (χ3v) is 7.04. The number of hydrogen-bond acceptors (Lipinski definition) is 5. The zero-order valence-electron chi connectivity index (χ0n) is 19.0. The topological polar surface area (TPSA) is 133 Å². The van der Waals surface area contributed by atoms with E-state index in [0.29, 0.717) is 0 Å². The van der Waals surface area contributed by atoms with Crippen molar-refractivity contribution in [3.05, 3.63) is 108 Å². The van der Waals surface area contributed by atoms with Gasteiger partial charge >= 0.3 is 5.97 Å². The van der Waals surface area contributed by atoms with Crippen molar-refractivity contribution in [1.29, 1.82) is 0 Å². The summed E-state index contributed by atoms with van der Waals surface area (Å²) in [6.45, 7) is 0. The summed E-state index contributed by atoms with van der Waals surface area (Å²) in [5.74, 6) is -2.11. The number of rotatable bonds is 9. The normalized spacial score (nSPS) is 13.0. The molecule has 0 aliphatic heterocycles. The highest BCUT2D eigenvalue weighted by atomic mass is 32.2. The molecule has 4 rings (SSSR count). The number of aliphatic carboxylic acids is 1. The predicted octanol–water partition coefficient (Wildman–Crippen LogP) is 3.43. The molecule has 1 unspecified atom stereocenters. The second-order valence-corrected chi connectivity index (χ2v) is 9.93. The SMILES string of the molecule is O=C(N[C@@H](Cc1ccccc1)C(O)C(=O)O)c1cccc(NS(=O)(=O)c2ccc3ccccc3c2)c1. The van der Waals surface area contributed by atoms with Crippen LogP contribution < -0.4 is 10.0 Å². The maximum absolute atomic E-state index is 13.0. The Kier molecular flexibility index (Phi) is 7.33. The van der Waals surface area contributed by atoms with Gasteiger partial charge in [-0.05, 0) is 53.1 Å². The number of carboxylic acid groups (broad SMARTS) is 1. The Labute approximate surface area is 208 Å². The standard InChI is InChI=1S/C27H24N2O6S/c30-25(27(32)33)24(15-18-7-2-1-3-8-18)28-26(31)21-11-6-12-22(16-21)29-36(34,35)23-14-13-19-9-4-5-10-20(19)17-23/h1-14,16-17,24-25,29-30H,15H2,(H,28,31)(H,32,33)/t24-,25?/m0/s1. The van der Waals surface area contributed by atoms with E-state index < -0.39 is 34.0 Å². The molecule has 9 heteroatoms. The number of sulfonamides is 1. The van der Waals surface area contributed by atoms with E-state index in [2.05, 4.69) is 10.0 Å². The number of fused-ring (bicyclic) bond motifs is 1. The molecule has 0 spiro atoms. The minimum atomic E-state index is -3.94. The fraction of sp³-hybridized carbons (Fsp3) is 0.111. The molecule has 1 amide bonds. The average Bonchev–Trinajstić information content (AvgIpc) is 2.88. The number of benzene rings is 4. The highest BCUT2D eigenvalue weighted by Gasteiger charge is 2.28. The molecule has 2 atom stereocenters. The maximum atomic E-state index is 13.0. The van der Waals surface area contributed by atoms with Gasteiger partial charge in [-0.1, -0.05) is 66.7 Å². The first-order chi connectivity index (χ1) is 17.2. The lowest BCUT2D eigenvalue weighted by Gasteiger charge is -2.22. The van der Waals surface area contributed by atoms with Crippen molar-refractivity contribution < 1.29 is 28.2 Å². The Hall–Kier alpha value is -4.21. The van der Waals surface area contributed by atoms with Crippen LogP contribution in [0.15, 0.2) is 102 Å². The summed E-state index contributed by atoms with van der Waals surface area (Å²) < 4.78 is 28.4. The molecule has 4 aromatic rings. The number of aliphatic hydroxyl groups excluding tert-OH is 1. The first kappa shape index (κ1) is 24.9. The molecule has 4 aromatic carbocycles. The number of hydrogen-bond donors (Lipinski definition) is 4. The van der Waals surface area contributed by atoms with Gasteiger partial charge in [0, 0.05) is 11.3 Å². The molecule has 0 heterocycles. The summed E-state index contributed by atoms with van der Waals surface area (Å²) >= 11 is 0. The van der Waals surface area contributed by atoms with Crippen LogP contribution in [0.25, 0.3) is 10.8 Å². The Morgan fingerprint density at radius 1 is 0.806 bits per heavy atom. The number of carbonyl (C=O) groups excluding carboxylic acids is 1. The van der Waals surface area contributed by atoms with Crippen molar-refractivity contribution in [3.63, 3.8) is 0 Å². The number of aliphatic hydroxyl groups is 1. The molecular weight excluding hydrogens is 480 g/mol. The molecule has 184 valence electrons. The van der Waals surface area contributed by atoms with Crippen LogP contribution in [0.3, 0.4) is 0 Å². The number of anilines is 1. The van der Waals surface area contributed by atoms with Crippen LogP contribution in [0.5, 0.6) is 0 Å². The zero-order chi connectivity index (χ0) is 25.7. The highest BCUT2D eigenvalue weighted by Crippen LogP contribution is 2.22. The Balaban J connectivity index is 1.53. The molecule has 8 nitrogen and oxygen atoms in total. The molecule has 36 heavy (non-hydrogen) atoms. The Bertz CT molecular complexity index is 1510. The van der Waals surface area contributed by atoms with E-state index in [1.165, 1.54) is 30.3 Å². The summed E-state index contributed by atoms with van der Waals surface area (Å²) in [5.41, 5.74) is 0.999. The van der Waals surface area contributed by atoms with Gasteiger partial charge in [-0.25, -0.2) is 13.2 Å². The van der Waals surface area contributed by atoms with E-state index in [0.717, 1.165) is 16.3 Å². The molecule has 0 radical (unpaired) electrons. The van der Waals surface area contributed by atoms with Crippen LogP contribution in [-0.4, -0.2) is 42.7 Å². The smallest absolute Gasteiger partial charge is 0.334 e. The molecule has 0 bridgehead atoms. The number of nitrogens with one attached hydrogen (secondary N) is 2. The summed E-state index contributed by atoms with van der Waals surface area (Å²) in [5, 5.41) is 23.7. The lowest BCUT2D eigenvalue weighted by molar-refractivity contribution is -0.148. The fourth-order valence-electron chi connectivity index (χ4n) is 3.81. The minimum absolute atomic E-state index is 0.0727. The third-order valence-electron chi connectivity index (χ3n) is 5.66. The van der Waals surface area contributed by atoms with E-state index >= 15 is 0 Å². The van der Waals surface area contributed by atoms with Gasteiger partial charge in [0.1, 0.15) is 0 Å². The summed E-state index contributed by atoms with van der Waals surface area (Å²) in [6, 6.07) is 25.8. The summed E-state index contributed by atoms with van der Waals surface area (Å²) in [6.07, 6.45) is -1.74. The highest BCUT2D eigenvalue weighted by molar-refractivity contribution is 7.92. The molecule has 0 aliphatic rings. The van der Waals surface area contributed by atoms with Crippen molar-refractivity contribution in [2.75, 3.05) is 4.72 Å². The van der Waals surface area contributed by atoms with Crippen LogP contribution in [0.2, 0.25) is 0 Å². The van der Waals surface area contributed by atoms with Crippen molar-refractivity contribution in [2.45, 2.75) is 23.5 Å². The zero-order valence-corrected chi connectivity index (χ0v) is 19.9. The van der Waals surface area contributed by atoms with Crippen molar-refractivity contribution >= 4 is 38.4 Å². The van der Waals surface area contributed by atoms with Gasteiger partial charge in [0.25, 0.3) is 15.9 Å². The molecule has 0 saturated heterocycles. The molecule has 0 aromatic heterocycles. The number of amides is 1. The van der Waals surface area contributed by atoms with Gasteiger partial charge in [0.2, 0.25) is 0 Å². The molecule has 0 aliphatic carbocycles. The van der Waals surface area contributed by atoms with E-state index in [9.17, 15) is 28.2 Å². The lowest BCUT2D eigenvalue weighted by atomic mass is 10.0.